The predicted octanol–water partition coefficient (Wildman–Crippen LogP) is 2.42. The Kier molecular flexibility index (Phi) is 13.0. The summed E-state index contributed by atoms with van der Waals surface area (Å²) in [5, 5.41) is 8.87. The molecule has 0 unspecified atom stereocenters. The van der Waals surface area contributed by atoms with E-state index in [1.807, 2.05) is 27.7 Å². The van der Waals surface area contributed by atoms with Crippen LogP contribution < -0.4 is 16.0 Å². The lowest BCUT2D eigenvalue weighted by Crippen LogP contribution is -2.55. The summed E-state index contributed by atoms with van der Waals surface area (Å²) in [4.78, 5) is 36.5. The van der Waals surface area contributed by atoms with Gasteiger partial charge in [-0.05, 0) is 37.6 Å². The van der Waals surface area contributed by atoms with Crippen LogP contribution in [0.4, 0.5) is 0 Å². The van der Waals surface area contributed by atoms with Crippen LogP contribution in [0.15, 0.2) is 0 Å². The number of aldehydes is 1. The zero-order chi connectivity index (χ0) is 20.1. The topological polar surface area (TPSA) is 87.3 Å². The highest BCUT2D eigenvalue weighted by molar-refractivity contribution is 5.90. The number of carbonyl (C=O) groups excluding carboxylic acids is 3. The van der Waals surface area contributed by atoms with Gasteiger partial charge >= 0.3 is 0 Å². The molecule has 0 saturated heterocycles. The van der Waals surface area contributed by atoms with Crippen molar-refractivity contribution in [1.82, 2.24) is 16.0 Å². The Bertz CT molecular complexity index is 425. The Morgan fingerprint density at radius 2 is 1.42 bits per heavy atom. The summed E-state index contributed by atoms with van der Waals surface area (Å²) >= 11 is 0. The molecule has 2 amide bonds. The average molecular weight is 370 g/mol. The molecule has 0 saturated carbocycles. The Balaban J connectivity index is 5.01. The predicted molar refractivity (Wildman–Crippen MR) is 106 cm³/mol. The molecule has 6 heteroatoms. The highest BCUT2D eigenvalue weighted by Crippen LogP contribution is 2.09. The summed E-state index contributed by atoms with van der Waals surface area (Å²) in [5.41, 5.74) is 0. The van der Waals surface area contributed by atoms with Crippen molar-refractivity contribution < 1.29 is 14.4 Å². The lowest BCUT2D eigenvalue weighted by Gasteiger charge is -2.25. The maximum Gasteiger partial charge on any atom is 0.243 e. The third-order valence-corrected chi connectivity index (χ3v) is 4.17. The number of unbranched alkanes of at least 4 members (excludes halogenated alkanes) is 1. The van der Waals surface area contributed by atoms with E-state index in [2.05, 4.69) is 29.8 Å². The molecule has 0 spiro atoms. The Labute approximate surface area is 159 Å². The van der Waals surface area contributed by atoms with Gasteiger partial charge in [-0.2, -0.15) is 0 Å². The van der Waals surface area contributed by atoms with Gasteiger partial charge in [0.15, 0.2) is 0 Å². The second-order valence-corrected chi connectivity index (χ2v) is 7.82. The zero-order valence-corrected chi connectivity index (χ0v) is 17.4. The van der Waals surface area contributed by atoms with Crippen molar-refractivity contribution in [3.63, 3.8) is 0 Å². The molecule has 0 aliphatic carbocycles. The number of likely N-dealkylation sites (N-methyl/N-ethyl adjacent to an activating group) is 1. The summed E-state index contributed by atoms with van der Waals surface area (Å²) in [6.45, 7) is 12.8. The van der Waals surface area contributed by atoms with Gasteiger partial charge in [0.1, 0.15) is 12.3 Å². The number of hydrogen-bond acceptors (Lipinski definition) is 4. The van der Waals surface area contributed by atoms with Crippen LogP contribution in [-0.2, 0) is 14.4 Å². The summed E-state index contributed by atoms with van der Waals surface area (Å²) in [6, 6.07) is -1.43. The Morgan fingerprint density at radius 3 is 1.88 bits per heavy atom. The van der Waals surface area contributed by atoms with Gasteiger partial charge in [0, 0.05) is 0 Å². The summed E-state index contributed by atoms with van der Waals surface area (Å²) in [6.07, 6.45) is 4.50. The van der Waals surface area contributed by atoms with Crippen LogP contribution in [0.1, 0.15) is 73.6 Å². The monoisotopic (exact) mass is 369 g/mol. The number of rotatable bonds is 14. The molecule has 26 heavy (non-hydrogen) atoms. The number of hydrogen-bond donors (Lipinski definition) is 3. The highest BCUT2D eigenvalue weighted by atomic mass is 16.2. The molecule has 0 aromatic heterocycles. The van der Waals surface area contributed by atoms with Crippen molar-refractivity contribution in [3.8, 4) is 0 Å². The molecule has 0 bridgehead atoms. The fraction of sp³-hybridized carbons (Fsp3) is 0.850. The number of carbonyl (C=O) groups is 3. The molecule has 0 radical (unpaired) electrons. The Hall–Kier alpha value is -1.43. The fourth-order valence-corrected chi connectivity index (χ4v) is 2.86. The maximum atomic E-state index is 12.7. The average Bonchev–Trinajstić information content (AvgIpc) is 2.56. The van der Waals surface area contributed by atoms with Crippen LogP contribution in [0.3, 0.4) is 0 Å². The summed E-state index contributed by atoms with van der Waals surface area (Å²) in [5.74, 6) is 0.187. The van der Waals surface area contributed by atoms with E-state index in [1.165, 1.54) is 0 Å². The van der Waals surface area contributed by atoms with Crippen molar-refractivity contribution >= 4 is 18.1 Å². The van der Waals surface area contributed by atoms with Gasteiger partial charge in [-0.1, -0.05) is 54.4 Å². The van der Waals surface area contributed by atoms with Crippen LogP contribution in [0.25, 0.3) is 0 Å². The molecule has 152 valence electrons. The van der Waals surface area contributed by atoms with Gasteiger partial charge in [0.05, 0.1) is 12.1 Å². The smallest absolute Gasteiger partial charge is 0.243 e. The van der Waals surface area contributed by atoms with Gasteiger partial charge < -0.3 is 20.7 Å². The van der Waals surface area contributed by atoms with E-state index >= 15 is 0 Å². The third-order valence-electron chi connectivity index (χ3n) is 4.17. The lowest BCUT2D eigenvalue weighted by atomic mass is 9.99. The summed E-state index contributed by atoms with van der Waals surface area (Å²) in [7, 11) is 0. The van der Waals surface area contributed by atoms with E-state index in [-0.39, 0.29) is 23.8 Å². The first-order chi connectivity index (χ1) is 12.2. The molecule has 3 atom stereocenters. The van der Waals surface area contributed by atoms with Crippen LogP contribution >= 0.6 is 0 Å². The van der Waals surface area contributed by atoms with E-state index in [1.54, 1.807) is 0 Å². The minimum atomic E-state index is -0.625. The molecule has 0 heterocycles. The normalized spacial score (nSPS) is 14.8. The molecule has 0 aliphatic rings. The number of nitrogens with one attached hydrogen (secondary N) is 3. The zero-order valence-electron chi connectivity index (χ0n) is 17.4. The SMILES string of the molecule is CCCC[C@@H](C=O)NC(=O)[C@H](CC(C)C)NC(=O)[C@H](CC(C)C)NCC. The second kappa shape index (κ2) is 13.7. The van der Waals surface area contributed by atoms with Crippen molar-refractivity contribution in [2.75, 3.05) is 6.54 Å². The molecule has 0 fully saturated rings. The van der Waals surface area contributed by atoms with Crippen LogP contribution in [0.2, 0.25) is 0 Å². The van der Waals surface area contributed by atoms with E-state index in [9.17, 15) is 14.4 Å². The molecular weight excluding hydrogens is 330 g/mol. The maximum absolute atomic E-state index is 12.7. The first-order valence-electron chi connectivity index (χ1n) is 10.0. The molecule has 0 aliphatic heterocycles. The van der Waals surface area contributed by atoms with Gasteiger partial charge in [-0.15, -0.1) is 0 Å². The second-order valence-electron chi connectivity index (χ2n) is 7.82. The molecular formula is C20H39N3O3. The van der Waals surface area contributed by atoms with E-state index in [0.717, 1.165) is 19.1 Å². The van der Waals surface area contributed by atoms with Gasteiger partial charge in [0.25, 0.3) is 0 Å². The van der Waals surface area contributed by atoms with Crippen LogP contribution in [0, 0.1) is 11.8 Å². The van der Waals surface area contributed by atoms with Crippen LogP contribution in [0.5, 0.6) is 0 Å². The first kappa shape index (κ1) is 24.6. The van der Waals surface area contributed by atoms with Crippen LogP contribution in [-0.4, -0.2) is 42.8 Å². The molecule has 0 aromatic rings. The van der Waals surface area contributed by atoms with E-state index in [4.69, 9.17) is 0 Å². The summed E-state index contributed by atoms with van der Waals surface area (Å²) < 4.78 is 0. The van der Waals surface area contributed by atoms with Gasteiger partial charge in [-0.3, -0.25) is 9.59 Å². The first-order valence-corrected chi connectivity index (χ1v) is 10.0. The molecule has 3 N–H and O–H groups in total. The number of amides is 2. The minimum absolute atomic E-state index is 0.155. The van der Waals surface area contributed by atoms with Gasteiger partial charge in [0.2, 0.25) is 11.8 Å². The quantitative estimate of drug-likeness (QED) is 0.410. The van der Waals surface area contributed by atoms with E-state index < -0.39 is 12.1 Å². The molecule has 0 aromatic carbocycles. The fourth-order valence-electron chi connectivity index (χ4n) is 2.86. The largest absolute Gasteiger partial charge is 0.345 e. The minimum Gasteiger partial charge on any atom is -0.345 e. The third kappa shape index (κ3) is 10.5. The lowest BCUT2D eigenvalue weighted by molar-refractivity contribution is -0.131. The Morgan fingerprint density at radius 1 is 0.885 bits per heavy atom. The molecule has 6 nitrogen and oxygen atoms in total. The standard InChI is InChI=1S/C20H39N3O3/c1-7-9-10-16(13-24)22-20(26)18(12-15(5)6)23-19(25)17(21-8-2)11-14(3)4/h13-18,21H,7-12H2,1-6H3,(H,22,26)(H,23,25)/t16-,17-,18-/m0/s1. The van der Waals surface area contributed by atoms with Gasteiger partial charge in [-0.25, -0.2) is 0 Å². The van der Waals surface area contributed by atoms with Crippen molar-refractivity contribution in [2.24, 2.45) is 11.8 Å². The van der Waals surface area contributed by atoms with E-state index in [0.29, 0.717) is 31.7 Å². The molecule has 0 rings (SSSR count). The van der Waals surface area contributed by atoms with Crippen molar-refractivity contribution in [1.29, 1.82) is 0 Å². The van der Waals surface area contributed by atoms with Crippen molar-refractivity contribution in [3.05, 3.63) is 0 Å². The van der Waals surface area contributed by atoms with Crippen molar-refractivity contribution in [2.45, 2.75) is 91.8 Å². The highest BCUT2D eigenvalue weighted by Gasteiger charge is 2.27.